The van der Waals surface area contributed by atoms with Crippen LogP contribution >= 0.6 is 23.2 Å². The number of nitrogens with one attached hydrogen (secondary N) is 1. The summed E-state index contributed by atoms with van der Waals surface area (Å²) in [6, 6.07) is 11.8. The van der Waals surface area contributed by atoms with Gasteiger partial charge in [-0.25, -0.2) is 5.43 Å². The molecule has 0 unspecified atom stereocenters. The maximum absolute atomic E-state index is 11.8. The predicted molar refractivity (Wildman–Crippen MR) is 108 cm³/mol. The molecule has 0 saturated carbocycles. The normalized spacial score (nSPS) is 10.6. The fourth-order valence-corrected chi connectivity index (χ4v) is 2.51. The molecular weight excluding hydrogens is 405 g/mol. The first-order valence-corrected chi connectivity index (χ1v) is 9.10. The first kappa shape index (κ1) is 21.5. The number of halogens is 2. The number of hydrazone groups is 1. The second-order valence-electron chi connectivity index (χ2n) is 5.64. The van der Waals surface area contributed by atoms with E-state index in [1.165, 1.54) is 6.21 Å². The zero-order chi connectivity index (χ0) is 20.4. The Labute approximate surface area is 172 Å². The van der Waals surface area contributed by atoms with Crippen molar-refractivity contribution in [2.75, 3.05) is 13.2 Å². The Balaban J connectivity index is 1.66. The van der Waals surface area contributed by atoms with E-state index in [1.807, 2.05) is 0 Å². The van der Waals surface area contributed by atoms with Crippen LogP contribution in [0.1, 0.15) is 18.4 Å². The molecule has 0 fully saturated rings. The summed E-state index contributed by atoms with van der Waals surface area (Å²) in [6.07, 6.45) is 2.26. The van der Waals surface area contributed by atoms with E-state index in [2.05, 4.69) is 10.5 Å². The molecule has 0 aliphatic rings. The van der Waals surface area contributed by atoms with Crippen LogP contribution in [-0.4, -0.2) is 31.2 Å². The molecule has 2 rings (SSSR count). The quantitative estimate of drug-likeness (QED) is 0.347. The summed E-state index contributed by atoms with van der Waals surface area (Å²) in [4.78, 5) is 22.4. The summed E-state index contributed by atoms with van der Waals surface area (Å²) >= 11 is 11.8. The molecule has 0 saturated heterocycles. The molecule has 0 aliphatic carbocycles. The smallest absolute Gasteiger partial charge is 0.255 e. The van der Waals surface area contributed by atoms with E-state index in [-0.39, 0.29) is 18.9 Å². The Morgan fingerprint density at radius 1 is 1.11 bits per heavy atom. The molecule has 148 valence electrons. The molecule has 0 heterocycles. The lowest BCUT2D eigenvalue weighted by atomic mass is 10.2. The summed E-state index contributed by atoms with van der Waals surface area (Å²) in [5.74, 6) is 0.256. The van der Waals surface area contributed by atoms with Gasteiger partial charge in [0, 0.05) is 11.4 Å². The van der Waals surface area contributed by atoms with Crippen molar-refractivity contribution in [3.63, 3.8) is 0 Å². The Morgan fingerprint density at radius 2 is 1.86 bits per heavy atom. The van der Waals surface area contributed by atoms with Gasteiger partial charge >= 0.3 is 0 Å². The van der Waals surface area contributed by atoms with Crippen LogP contribution in [0.25, 0.3) is 0 Å². The van der Waals surface area contributed by atoms with Crippen molar-refractivity contribution in [1.82, 2.24) is 5.43 Å². The lowest BCUT2D eigenvalue weighted by molar-refractivity contribution is -0.121. The third-order valence-corrected chi connectivity index (χ3v) is 3.89. The minimum Gasteiger partial charge on any atom is -0.492 e. The highest BCUT2D eigenvalue weighted by molar-refractivity contribution is 6.35. The molecule has 0 radical (unpaired) electrons. The number of nitrogens with zero attached hydrogens (tertiary/aromatic N) is 1. The number of carbonyl (C=O) groups is 2. The number of hydrogen-bond acceptors (Lipinski definition) is 5. The highest BCUT2D eigenvalue weighted by Gasteiger charge is 2.04. The molecule has 0 aromatic heterocycles. The van der Waals surface area contributed by atoms with Crippen molar-refractivity contribution in [2.24, 2.45) is 10.8 Å². The van der Waals surface area contributed by atoms with Gasteiger partial charge in [0.1, 0.15) is 11.5 Å². The van der Waals surface area contributed by atoms with Gasteiger partial charge in [-0.05, 0) is 54.4 Å². The fourth-order valence-electron chi connectivity index (χ4n) is 2.05. The molecule has 0 spiro atoms. The van der Waals surface area contributed by atoms with Gasteiger partial charge in [0.2, 0.25) is 5.91 Å². The van der Waals surface area contributed by atoms with Gasteiger partial charge in [-0.3, -0.25) is 9.59 Å². The van der Waals surface area contributed by atoms with Crippen molar-refractivity contribution in [3.05, 3.63) is 58.1 Å². The molecule has 2 amide bonds. The fraction of sp³-hybridized carbons (Fsp3) is 0.211. The van der Waals surface area contributed by atoms with Crippen molar-refractivity contribution in [2.45, 2.75) is 12.8 Å². The maximum Gasteiger partial charge on any atom is 0.255 e. The van der Waals surface area contributed by atoms with Crippen LogP contribution in [0.15, 0.2) is 47.6 Å². The molecule has 28 heavy (non-hydrogen) atoms. The number of rotatable bonds is 10. The number of amides is 2. The average molecular weight is 424 g/mol. The summed E-state index contributed by atoms with van der Waals surface area (Å²) < 4.78 is 10.7. The third kappa shape index (κ3) is 7.85. The summed E-state index contributed by atoms with van der Waals surface area (Å²) in [5, 5.41) is 4.84. The monoisotopic (exact) mass is 423 g/mol. The summed E-state index contributed by atoms with van der Waals surface area (Å²) in [5.41, 5.74) is 8.20. The summed E-state index contributed by atoms with van der Waals surface area (Å²) in [6.45, 7) is 0.155. The Kier molecular flexibility index (Phi) is 8.58. The van der Waals surface area contributed by atoms with E-state index in [9.17, 15) is 9.59 Å². The third-order valence-electron chi connectivity index (χ3n) is 3.36. The minimum absolute atomic E-state index is 0.183. The second kappa shape index (κ2) is 11.2. The van der Waals surface area contributed by atoms with Gasteiger partial charge in [0.15, 0.2) is 6.61 Å². The average Bonchev–Trinajstić information content (AvgIpc) is 2.66. The number of carbonyl (C=O) groups excluding carboxylic acids is 2. The zero-order valence-corrected chi connectivity index (χ0v) is 16.4. The predicted octanol–water partition coefficient (Wildman–Crippen LogP) is 3.17. The van der Waals surface area contributed by atoms with Crippen LogP contribution in [0.2, 0.25) is 10.0 Å². The Morgan fingerprint density at radius 3 is 2.54 bits per heavy atom. The number of hydrogen-bond donors (Lipinski definition) is 2. The van der Waals surface area contributed by atoms with Crippen molar-refractivity contribution >= 4 is 41.2 Å². The number of benzene rings is 2. The van der Waals surface area contributed by atoms with Gasteiger partial charge in [-0.2, -0.15) is 5.10 Å². The van der Waals surface area contributed by atoms with Crippen LogP contribution in [0.5, 0.6) is 11.5 Å². The molecule has 0 atom stereocenters. The highest BCUT2D eigenvalue weighted by Crippen LogP contribution is 2.27. The van der Waals surface area contributed by atoms with Gasteiger partial charge in [-0.15, -0.1) is 0 Å². The van der Waals surface area contributed by atoms with Crippen LogP contribution in [0.4, 0.5) is 0 Å². The number of ether oxygens (including phenoxy) is 2. The first-order valence-electron chi connectivity index (χ1n) is 8.35. The highest BCUT2D eigenvalue weighted by atomic mass is 35.5. The largest absolute Gasteiger partial charge is 0.492 e. The lowest BCUT2D eigenvalue weighted by Crippen LogP contribution is -2.20. The van der Waals surface area contributed by atoms with E-state index in [1.54, 1.807) is 42.5 Å². The molecule has 3 N–H and O–H groups in total. The molecule has 0 bridgehead atoms. The first-order chi connectivity index (χ1) is 13.4. The lowest BCUT2D eigenvalue weighted by Gasteiger charge is -2.07. The van der Waals surface area contributed by atoms with Gasteiger partial charge in [0.25, 0.3) is 5.91 Å². The molecule has 0 aliphatic heterocycles. The molecule has 2 aromatic carbocycles. The summed E-state index contributed by atoms with van der Waals surface area (Å²) in [7, 11) is 0. The number of nitrogens with two attached hydrogens (primary N) is 1. The number of primary amides is 1. The van der Waals surface area contributed by atoms with Crippen LogP contribution < -0.4 is 20.6 Å². The van der Waals surface area contributed by atoms with Crippen LogP contribution in [0.3, 0.4) is 0 Å². The molecular formula is C19H19Cl2N3O4. The van der Waals surface area contributed by atoms with Gasteiger partial charge in [-0.1, -0.05) is 23.2 Å². The standard InChI is InChI=1S/C19H19Cl2N3O4/c20-14-5-8-17(16(21)10-14)27-9-1-2-19(26)24-23-11-13-3-6-15(7-4-13)28-12-18(22)25/h3-8,10-11H,1-2,9,12H2,(H2,22,25)(H,24,26). The van der Waals surface area contributed by atoms with Gasteiger partial charge < -0.3 is 15.2 Å². The Bertz CT molecular complexity index is 842. The molecule has 7 nitrogen and oxygen atoms in total. The molecule has 9 heteroatoms. The van der Waals surface area contributed by atoms with Crippen LogP contribution in [0, 0.1) is 0 Å². The van der Waals surface area contributed by atoms with Gasteiger partial charge in [0.05, 0.1) is 17.8 Å². The van der Waals surface area contributed by atoms with E-state index in [0.29, 0.717) is 34.6 Å². The second-order valence-corrected chi connectivity index (χ2v) is 6.49. The topological polar surface area (TPSA) is 103 Å². The Hall–Kier alpha value is -2.77. The van der Waals surface area contributed by atoms with E-state index < -0.39 is 5.91 Å². The minimum atomic E-state index is -0.546. The van der Waals surface area contributed by atoms with Crippen molar-refractivity contribution in [1.29, 1.82) is 0 Å². The van der Waals surface area contributed by atoms with E-state index in [0.717, 1.165) is 5.56 Å². The maximum atomic E-state index is 11.8. The molecule has 2 aromatic rings. The van der Waals surface area contributed by atoms with E-state index in [4.69, 9.17) is 38.4 Å². The SMILES string of the molecule is NC(=O)COc1ccc(C=NNC(=O)CCCOc2ccc(Cl)cc2Cl)cc1. The zero-order valence-electron chi connectivity index (χ0n) is 14.9. The van der Waals surface area contributed by atoms with E-state index >= 15 is 0 Å². The van der Waals surface area contributed by atoms with Crippen molar-refractivity contribution < 1.29 is 19.1 Å². The van der Waals surface area contributed by atoms with Crippen molar-refractivity contribution in [3.8, 4) is 11.5 Å². The van der Waals surface area contributed by atoms with Crippen LogP contribution in [-0.2, 0) is 9.59 Å².